The monoisotopic (exact) mass is 397 g/mol. The molecule has 7 nitrogen and oxygen atoms in total. The summed E-state index contributed by atoms with van der Waals surface area (Å²) in [6.45, 7) is 6.90. The number of hydrogen-bond acceptors (Lipinski definition) is 4. The maximum absolute atomic E-state index is 12.5. The van der Waals surface area contributed by atoms with E-state index in [0.29, 0.717) is 31.4 Å². The number of rotatable bonds is 7. The van der Waals surface area contributed by atoms with Crippen LogP contribution in [-0.2, 0) is 24.3 Å². The lowest BCUT2D eigenvalue weighted by molar-refractivity contribution is -0.132. The number of carbonyl (C=O) groups excluding carboxylic acids is 1. The molecule has 0 radical (unpaired) electrons. The smallest absolute Gasteiger partial charge is 0.222 e. The fourth-order valence-electron chi connectivity index (χ4n) is 3.39. The number of benzene rings is 1. The van der Waals surface area contributed by atoms with Gasteiger partial charge in [-0.1, -0.05) is 43.3 Å². The average Bonchev–Trinajstić information content (AvgIpc) is 3.22. The van der Waals surface area contributed by atoms with E-state index in [2.05, 4.69) is 52.8 Å². The Morgan fingerprint density at radius 2 is 2.07 bits per heavy atom. The molecule has 0 atom stereocenters. The average molecular weight is 398 g/mol. The van der Waals surface area contributed by atoms with Gasteiger partial charge in [-0.2, -0.15) is 0 Å². The Labute approximate surface area is 172 Å². The molecule has 0 unspecified atom stereocenters. The van der Waals surface area contributed by atoms with E-state index in [-0.39, 0.29) is 5.91 Å². The number of hydrogen-bond donors (Lipinski definition) is 2. The summed E-state index contributed by atoms with van der Waals surface area (Å²) in [5.74, 6) is 2.02. The summed E-state index contributed by atoms with van der Waals surface area (Å²) in [4.78, 5) is 18.7. The summed E-state index contributed by atoms with van der Waals surface area (Å²) in [5, 5.41) is 10.5. The van der Waals surface area contributed by atoms with Gasteiger partial charge in [0.15, 0.2) is 11.7 Å². The molecule has 156 valence electrons. The van der Waals surface area contributed by atoms with E-state index in [1.807, 2.05) is 17.0 Å². The largest absolute Gasteiger partial charge is 0.359 e. The predicted molar refractivity (Wildman–Crippen MR) is 114 cm³/mol. The van der Waals surface area contributed by atoms with Crippen molar-refractivity contribution in [3.63, 3.8) is 0 Å². The summed E-state index contributed by atoms with van der Waals surface area (Å²) in [6, 6.07) is 10.3. The fraction of sp³-hybridized carbons (Fsp3) is 0.500. The SMILES string of the molecule is CN=C(NCCCC(=O)N1CCc2ccccc2C1)NCc1cc(C(C)C)no1. The molecular weight excluding hydrogens is 366 g/mol. The molecule has 29 heavy (non-hydrogen) atoms. The van der Waals surface area contributed by atoms with Crippen molar-refractivity contribution in [1.29, 1.82) is 0 Å². The quantitative estimate of drug-likeness (QED) is 0.426. The van der Waals surface area contributed by atoms with Gasteiger partial charge in [0.05, 0.1) is 12.2 Å². The molecular formula is C22H31N5O2. The highest BCUT2D eigenvalue weighted by atomic mass is 16.5. The number of aromatic nitrogens is 1. The zero-order chi connectivity index (χ0) is 20.6. The van der Waals surface area contributed by atoms with Crippen LogP contribution in [0.15, 0.2) is 39.8 Å². The van der Waals surface area contributed by atoms with E-state index in [9.17, 15) is 4.79 Å². The number of nitrogens with zero attached hydrogens (tertiary/aromatic N) is 3. The lowest BCUT2D eigenvalue weighted by Crippen LogP contribution is -2.38. The molecule has 2 N–H and O–H groups in total. The molecule has 0 spiro atoms. The molecule has 2 heterocycles. The first-order valence-corrected chi connectivity index (χ1v) is 10.3. The second-order valence-electron chi connectivity index (χ2n) is 7.66. The van der Waals surface area contributed by atoms with Crippen LogP contribution in [0.25, 0.3) is 0 Å². The predicted octanol–water partition coefficient (Wildman–Crippen LogP) is 2.83. The molecule has 1 aliphatic heterocycles. The third kappa shape index (κ3) is 5.82. The maximum Gasteiger partial charge on any atom is 0.222 e. The zero-order valence-corrected chi connectivity index (χ0v) is 17.6. The molecule has 7 heteroatoms. The van der Waals surface area contributed by atoms with Crippen molar-refractivity contribution in [1.82, 2.24) is 20.7 Å². The van der Waals surface area contributed by atoms with Gasteiger partial charge < -0.3 is 20.1 Å². The highest BCUT2D eigenvalue weighted by molar-refractivity contribution is 5.80. The number of nitrogens with one attached hydrogen (secondary N) is 2. The molecule has 1 aromatic carbocycles. The van der Waals surface area contributed by atoms with Gasteiger partial charge in [-0.05, 0) is 29.9 Å². The lowest BCUT2D eigenvalue weighted by Gasteiger charge is -2.29. The molecule has 0 saturated heterocycles. The minimum atomic E-state index is 0.215. The molecule has 1 amide bonds. The molecule has 0 aliphatic carbocycles. The topological polar surface area (TPSA) is 82.8 Å². The van der Waals surface area contributed by atoms with Crippen molar-refractivity contribution in [2.24, 2.45) is 4.99 Å². The summed E-state index contributed by atoms with van der Waals surface area (Å²) in [6.07, 6.45) is 2.24. The first kappa shape index (κ1) is 20.9. The Morgan fingerprint density at radius 3 is 2.79 bits per heavy atom. The normalized spacial score (nSPS) is 14.1. The van der Waals surface area contributed by atoms with Crippen LogP contribution in [0.4, 0.5) is 0 Å². The molecule has 2 aromatic rings. The van der Waals surface area contributed by atoms with Gasteiger partial charge in [0.1, 0.15) is 0 Å². The summed E-state index contributed by atoms with van der Waals surface area (Å²) in [7, 11) is 1.73. The number of carbonyl (C=O) groups is 1. The zero-order valence-electron chi connectivity index (χ0n) is 17.6. The first-order chi connectivity index (χ1) is 14.1. The van der Waals surface area contributed by atoms with Crippen molar-refractivity contribution < 1.29 is 9.32 Å². The Bertz CT molecular complexity index is 843. The molecule has 1 aromatic heterocycles. The van der Waals surface area contributed by atoms with Gasteiger partial charge in [0, 0.05) is 39.2 Å². The van der Waals surface area contributed by atoms with Crippen LogP contribution in [0, 0.1) is 0 Å². The van der Waals surface area contributed by atoms with Crippen LogP contribution in [0.3, 0.4) is 0 Å². The first-order valence-electron chi connectivity index (χ1n) is 10.3. The highest BCUT2D eigenvalue weighted by Gasteiger charge is 2.19. The van der Waals surface area contributed by atoms with Crippen LogP contribution in [-0.4, -0.2) is 42.1 Å². The van der Waals surface area contributed by atoms with Crippen LogP contribution in [0.2, 0.25) is 0 Å². The van der Waals surface area contributed by atoms with Crippen molar-refractivity contribution in [2.45, 2.75) is 52.1 Å². The van der Waals surface area contributed by atoms with Gasteiger partial charge in [-0.3, -0.25) is 9.79 Å². The van der Waals surface area contributed by atoms with Gasteiger partial charge >= 0.3 is 0 Å². The van der Waals surface area contributed by atoms with E-state index in [1.54, 1.807) is 7.05 Å². The summed E-state index contributed by atoms with van der Waals surface area (Å²) < 4.78 is 5.32. The fourth-order valence-corrected chi connectivity index (χ4v) is 3.39. The third-order valence-electron chi connectivity index (χ3n) is 5.17. The Kier molecular flexibility index (Phi) is 7.27. The Morgan fingerprint density at radius 1 is 1.28 bits per heavy atom. The number of guanidine groups is 1. The number of aliphatic imine (C=N–C) groups is 1. The molecule has 1 aliphatic rings. The van der Waals surface area contributed by atoms with Crippen molar-refractivity contribution in [2.75, 3.05) is 20.1 Å². The standard InChI is InChI=1S/C22H31N5O2/c1-16(2)20-13-19(29-26-20)14-25-22(23-3)24-11-6-9-21(28)27-12-10-17-7-4-5-8-18(17)15-27/h4-5,7-8,13,16H,6,9-12,14-15H2,1-3H3,(H2,23,24,25). The second-order valence-corrected chi connectivity index (χ2v) is 7.66. The minimum Gasteiger partial charge on any atom is -0.359 e. The second kappa shape index (κ2) is 10.1. The van der Waals surface area contributed by atoms with E-state index in [0.717, 1.165) is 37.4 Å². The highest BCUT2D eigenvalue weighted by Crippen LogP contribution is 2.19. The van der Waals surface area contributed by atoms with E-state index >= 15 is 0 Å². The molecule has 0 saturated carbocycles. The van der Waals surface area contributed by atoms with Crippen LogP contribution in [0.5, 0.6) is 0 Å². The number of amides is 1. The maximum atomic E-state index is 12.5. The Balaban J connectivity index is 1.36. The Hall–Kier alpha value is -2.83. The van der Waals surface area contributed by atoms with Gasteiger partial charge in [0.25, 0.3) is 0 Å². The van der Waals surface area contributed by atoms with Gasteiger partial charge in [-0.15, -0.1) is 0 Å². The van der Waals surface area contributed by atoms with Crippen LogP contribution < -0.4 is 10.6 Å². The minimum absolute atomic E-state index is 0.215. The lowest BCUT2D eigenvalue weighted by atomic mass is 9.99. The van der Waals surface area contributed by atoms with E-state index in [1.165, 1.54) is 11.1 Å². The van der Waals surface area contributed by atoms with Crippen molar-refractivity contribution in [3.8, 4) is 0 Å². The van der Waals surface area contributed by atoms with Crippen LogP contribution >= 0.6 is 0 Å². The molecule has 0 fully saturated rings. The van der Waals surface area contributed by atoms with E-state index in [4.69, 9.17) is 4.52 Å². The number of fused-ring (bicyclic) bond motifs is 1. The van der Waals surface area contributed by atoms with Crippen LogP contribution in [0.1, 0.15) is 55.2 Å². The van der Waals surface area contributed by atoms with E-state index < -0.39 is 0 Å². The van der Waals surface area contributed by atoms with Gasteiger partial charge in [-0.25, -0.2) is 0 Å². The van der Waals surface area contributed by atoms with Crippen molar-refractivity contribution >= 4 is 11.9 Å². The van der Waals surface area contributed by atoms with Gasteiger partial charge in [0.2, 0.25) is 5.91 Å². The summed E-state index contributed by atoms with van der Waals surface area (Å²) in [5.41, 5.74) is 3.58. The third-order valence-corrected chi connectivity index (χ3v) is 5.17. The summed E-state index contributed by atoms with van der Waals surface area (Å²) >= 11 is 0. The van der Waals surface area contributed by atoms with Crippen molar-refractivity contribution in [3.05, 3.63) is 52.9 Å². The molecule has 0 bridgehead atoms. The molecule has 3 rings (SSSR count).